The molecule has 3 aliphatic heterocycles. The number of likely N-dealkylation sites (tertiary alicyclic amines) is 1. The van der Waals surface area contributed by atoms with Gasteiger partial charge in [-0.2, -0.15) is 0 Å². The Morgan fingerprint density at radius 2 is 1.60 bits per heavy atom. The fourth-order valence-electron chi connectivity index (χ4n) is 5.89. The summed E-state index contributed by atoms with van der Waals surface area (Å²) in [5.41, 5.74) is 2.53. The normalized spacial score (nSPS) is 25.2. The number of fused-ring (bicyclic) bond motifs is 1. The number of amides is 2. The van der Waals surface area contributed by atoms with Crippen LogP contribution in [0.25, 0.3) is 0 Å². The summed E-state index contributed by atoms with van der Waals surface area (Å²) in [5.74, 6) is -2.10. The average molecular weight is 488 g/mol. The van der Waals surface area contributed by atoms with E-state index < -0.39 is 33.4 Å². The van der Waals surface area contributed by atoms with E-state index >= 15 is 0 Å². The van der Waals surface area contributed by atoms with Crippen LogP contribution in [0.2, 0.25) is 0 Å². The van der Waals surface area contributed by atoms with Crippen molar-refractivity contribution in [3.8, 4) is 0 Å². The lowest BCUT2D eigenvalue weighted by Crippen LogP contribution is -2.55. The molecule has 3 aromatic carbocycles. The molecule has 2 fully saturated rings. The number of benzene rings is 3. The van der Waals surface area contributed by atoms with Crippen LogP contribution in [-0.4, -0.2) is 42.1 Å². The van der Waals surface area contributed by atoms with Crippen molar-refractivity contribution in [3.05, 3.63) is 95.6 Å². The van der Waals surface area contributed by atoms with Gasteiger partial charge in [0.05, 0.1) is 10.3 Å². The van der Waals surface area contributed by atoms with Crippen molar-refractivity contribution in [3.63, 3.8) is 0 Å². The molecule has 0 radical (unpaired) electrons. The van der Waals surface area contributed by atoms with E-state index in [0.29, 0.717) is 19.5 Å². The molecule has 2 saturated heterocycles. The van der Waals surface area contributed by atoms with E-state index in [1.165, 1.54) is 12.1 Å². The Hall–Kier alpha value is -3.65. The summed E-state index contributed by atoms with van der Waals surface area (Å²) in [6.07, 6.45) is -0.372. The van der Waals surface area contributed by atoms with Crippen molar-refractivity contribution in [2.75, 3.05) is 11.9 Å². The Morgan fingerprint density at radius 1 is 0.914 bits per heavy atom. The molecule has 2 amide bonds. The minimum Gasteiger partial charge on any atom is -0.363 e. The van der Waals surface area contributed by atoms with Crippen molar-refractivity contribution in [1.29, 1.82) is 0 Å². The topological polar surface area (TPSA) is 86.8 Å². The summed E-state index contributed by atoms with van der Waals surface area (Å²) in [5, 5.41) is 3.29. The predicted molar refractivity (Wildman–Crippen MR) is 131 cm³/mol. The molecule has 0 saturated carbocycles. The Balaban J connectivity index is 1.46. The number of rotatable bonds is 4. The highest BCUT2D eigenvalue weighted by atomic mass is 32.2. The molecule has 0 aliphatic carbocycles. The van der Waals surface area contributed by atoms with E-state index in [1.807, 2.05) is 61.5 Å². The molecule has 35 heavy (non-hydrogen) atoms. The van der Waals surface area contributed by atoms with E-state index in [9.17, 15) is 18.0 Å². The Bertz CT molecular complexity index is 1440. The molecule has 7 nitrogen and oxygen atoms in total. The van der Waals surface area contributed by atoms with Gasteiger partial charge in [0, 0.05) is 18.8 Å². The minimum absolute atomic E-state index is 0.0385. The maximum absolute atomic E-state index is 13.9. The number of para-hydroxylation sites is 1. The van der Waals surface area contributed by atoms with Crippen LogP contribution in [-0.2, 0) is 31.6 Å². The largest absolute Gasteiger partial charge is 0.363 e. The molecule has 0 bridgehead atoms. The summed E-state index contributed by atoms with van der Waals surface area (Å²) in [4.78, 5) is 29.5. The fourth-order valence-corrected chi connectivity index (χ4v) is 7.46. The number of hydrogen-bond donors (Lipinski definition) is 1. The van der Waals surface area contributed by atoms with Crippen molar-refractivity contribution in [2.24, 2.45) is 5.92 Å². The molecule has 6 rings (SSSR count). The first kappa shape index (κ1) is 21.9. The number of nitrogens with zero attached hydrogens (tertiary/aromatic N) is 2. The molecule has 3 aliphatic rings. The highest BCUT2D eigenvalue weighted by Gasteiger charge is 2.70. The lowest BCUT2D eigenvalue weighted by molar-refractivity contribution is -0.147. The quantitative estimate of drug-likeness (QED) is 0.571. The summed E-state index contributed by atoms with van der Waals surface area (Å²) < 4.78 is 28.6. The molecule has 3 atom stereocenters. The Kier molecular flexibility index (Phi) is 4.79. The van der Waals surface area contributed by atoms with Crippen LogP contribution in [0.15, 0.2) is 83.8 Å². The number of anilines is 1. The molecule has 3 heterocycles. The van der Waals surface area contributed by atoms with Gasteiger partial charge in [-0.15, -0.1) is 0 Å². The zero-order valence-electron chi connectivity index (χ0n) is 19.2. The van der Waals surface area contributed by atoms with Gasteiger partial charge in [0.1, 0.15) is 12.1 Å². The molecule has 8 heteroatoms. The van der Waals surface area contributed by atoms with Crippen LogP contribution >= 0.6 is 0 Å². The molecule has 0 unspecified atom stereocenters. The van der Waals surface area contributed by atoms with E-state index in [-0.39, 0.29) is 10.8 Å². The van der Waals surface area contributed by atoms with Gasteiger partial charge in [0.2, 0.25) is 5.91 Å². The predicted octanol–water partition coefficient (Wildman–Crippen LogP) is 3.26. The van der Waals surface area contributed by atoms with Crippen LogP contribution in [0.5, 0.6) is 0 Å². The van der Waals surface area contributed by atoms with Gasteiger partial charge in [-0.25, -0.2) is 12.7 Å². The first-order chi connectivity index (χ1) is 16.8. The van der Waals surface area contributed by atoms with Crippen LogP contribution in [0.1, 0.15) is 23.1 Å². The second-order valence-electron chi connectivity index (χ2n) is 9.51. The summed E-state index contributed by atoms with van der Waals surface area (Å²) in [6, 6.07) is 23.6. The first-order valence-electron chi connectivity index (χ1n) is 11.7. The van der Waals surface area contributed by atoms with Crippen LogP contribution in [0, 0.1) is 12.8 Å². The smallest absolute Gasteiger partial charge is 0.268 e. The second-order valence-corrected chi connectivity index (χ2v) is 11.3. The van der Waals surface area contributed by atoms with Gasteiger partial charge in [-0.05, 0) is 42.7 Å². The summed E-state index contributed by atoms with van der Waals surface area (Å²) in [7, 11) is -4.19. The molecule has 3 aromatic rings. The SMILES string of the molecule is Cc1ccc(S(=O)(=O)N2C(=O)[C@@H]3C(=O)N(Cc4ccccc4)CC[C@@]34c3ccccc3N[C@@H]24)cc1. The summed E-state index contributed by atoms with van der Waals surface area (Å²) in [6.45, 7) is 2.68. The van der Waals surface area contributed by atoms with Crippen molar-refractivity contribution >= 4 is 27.5 Å². The third-order valence-electron chi connectivity index (χ3n) is 7.57. The van der Waals surface area contributed by atoms with Gasteiger partial charge >= 0.3 is 0 Å². The Morgan fingerprint density at radius 3 is 2.34 bits per heavy atom. The maximum atomic E-state index is 13.9. The lowest BCUT2D eigenvalue weighted by Gasteiger charge is -2.41. The lowest BCUT2D eigenvalue weighted by atomic mass is 9.67. The monoisotopic (exact) mass is 487 g/mol. The summed E-state index contributed by atoms with van der Waals surface area (Å²) >= 11 is 0. The first-order valence-corrected chi connectivity index (χ1v) is 13.1. The number of carbonyl (C=O) groups is 2. The van der Waals surface area contributed by atoms with E-state index in [2.05, 4.69) is 5.32 Å². The third-order valence-corrected chi connectivity index (χ3v) is 9.35. The van der Waals surface area contributed by atoms with Gasteiger partial charge in [-0.3, -0.25) is 9.59 Å². The highest BCUT2D eigenvalue weighted by Crippen LogP contribution is 2.57. The van der Waals surface area contributed by atoms with E-state index in [0.717, 1.165) is 26.7 Å². The number of piperidine rings is 1. The van der Waals surface area contributed by atoms with Crippen molar-refractivity contribution in [2.45, 2.75) is 36.4 Å². The van der Waals surface area contributed by atoms with Crippen LogP contribution in [0.4, 0.5) is 5.69 Å². The zero-order chi connectivity index (χ0) is 24.4. The average Bonchev–Trinajstić information content (AvgIpc) is 3.29. The molecule has 1 N–H and O–H groups in total. The van der Waals surface area contributed by atoms with Gasteiger partial charge in [0.15, 0.2) is 0 Å². The van der Waals surface area contributed by atoms with E-state index in [1.54, 1.807) is 17.0 Å². The molecular weight excluding hydrogens is 462 g/mol. The molecular formula is C27H25N3O4S. The number of nitrogens with one attached hydrogen (secondary N) is 1. The van der Waals surface area contributed by atoms with Crippen molar-refractivity contribution in [1.82, 2.24) is 9.21 Å². The van der Waals surface area contributed by atoms with Crippen LogP contribution in [0.3, 0.4) is 0 Å². The number of carbonyl (C=O) groups excluding carboxylic acids is 2. The molecule has 0 aromatic heterocycles. The Labute approximate surface area is 204 Å². The second kappa shape index (κ2) is 7.68. The number of sulfonamides is 1. The fraction of sp³-hybridized carbons (Fsp3) is 0.259. The van der Waals surface area contributed by atoms with Crippen molar-refractivity contribution < 1.29 is 18.0 Å². The van der Waals surface area contributed by atoms with Gasteiger partial charge < -0.3 is 10.2 Å². The number of aryl methyl sites for hydroxylation is 1. The van der Waals surface area contributed by atoms with Gasteiger partial charge in [-0.1, -0.05) is 66.2 Å². The zero-order valence-corrected chi connectivity index (χ0v) is 20.0. The third kappa shape index (κ3) is 3.06. The van der Waals surface area contributed by atoms with E-state index in [4.69, 9.17) is 0 Å². The molecule has 1 spiro atoms. The standard InChI is InChI=1S/C27H25N3O4S/c1-18-11-13-20(14-12-18)35(33,34)30-25(32)23-24(31)29(17-19-7-3-2-4-8-19)16-15-27(23)21-9-5-6-10-22(21)28-26(27)30/h2-14,23,26,28H,15-17H2,1H3/t23-,26-,27+/m0/s1. The van der Waals surface area contributed by atoms with Crippen LogP contribution < -0.4 is 5.32 Å². The molecule has 178 valence electrons. The number of hydrogen-bond acceptors (Lipinski definition) is 5. The minimum atomic E-state index is -4.19. The maximum Gasteiger partial charge on any atom is 0.268 e. The highest BCUT2D eigenvalue weighted by molar-refractivity contribution is 7.89. The van der Waals surface area contributed by atoms with Gasteiger partial charge in [0.25, 0.3) is 15.9 Å².